The molecule has 106 valence electrons. The lowest BCUT2D eigenvalue weighted by Crippen LogP contribution is -2.10. The molecule has 1 aliphatic carbocycles. The van der Waals surface area contributed by atoms with E-state index in [9.17, 15) is 0 Å². The summed E-state index contributed by atoms with van der Waals surface area (Å²) in [7, 11) is 0. The third-order valence-electron chi connectivity index (χ3n) is 3.51. The highest BCUT2D eigenvalue weighted by atomic mass is 35.5. The van der Waals surface area contributed by atoms with Gasteiger partial charge in [0.05, 0.1) is 6.61 Å². The molecule has 2 rings (SSSR count). The van der Waals surface area contributed by atoms with Gasteiger partial charge in [-0.05, 0) is 19.3 Å². The average molecular weight is 303 g/mol. The van der Waals surface area contributed by atoms with E-state index in [4.69, 9.17) is 27.9 Å². The highest BCUT2D eigenvalue weighted by Gasteiger charge is 2.21. The SMILES string of the molecule is CCCCOc1c(Cl)nc(C2CCCCC2)nc1Cl. The molecule has 1 saturated carbocycles. The first kappa shape index (κ1) is 14.9. The largest absolute Gasteiger partial charge is 0.487 e. The highest BCUT2D eigenvalue weighted by Crippen LogP contribution is 2.35. The van der Waals surface area contributed by atoms with Gasteiger partial charge in [0.2, 0.25) is 0 Å². The lowest BCUT2D eigenvalue weighted by atomic mass is 9.89. The molecule has 0 aromatic carbocycles. The van der Waals surface area contributed by atoms with E-state index in [1.165, 1.54) is 19.3 Å². The van der Waals surface area contributed by atoms with Crippen molar-refractivity contribution in [2.24, 2.45) is 0 Å². The van der Waals surface area contributed by atoms with Crippen molar-refractivity contribution >= 4 is 23.2 Å². The Kier molecular flexibility index (Phi) is 5.71. The maximum atomic E-state index is 6.17. The van der Waals surface area contributed by atoms with E-state index in [-0.39, 0.29) is 0 Å². The Labute approximate surface area is 124 Å². The Morgan fingerprint density at radius 1 is 1.11 bits per heavy atom. The summed E-state index contributed by atoms with van der Waals surface area (Å²) >= 11 is 12.3. The van der Waals surface area contributed by atoms with Gasteiger partial charge >= 0.3 is 0 Å². The Bertz CT molecular complexity index is 397. The van der Waals surface area contributed by atoms with Gasteiger partial charge in [0.15, 0.2) is 16.1 Å². The van der Waals surface area contributed by atoms with E-state index in [2.05, 4.69) is 16.9 Å². The monoisotopic (exact) mass is 302 g/mol. The number of aromatic nitrogens is 2. The molecule has 1 aliphatic rings. The van der Waals surface area contributed by atoms with Crippen LogP contribution >= 0.6 is 23.2 Å². The van der Waals surface area contributed by atoms with Crippen molar-refractivity contribution in [3.05, 3.63) is 16.1 Å². The molecule has 0 aliphatic heterocycles. The minimum Gasteiger partial charge on any atom is -0.487 e. The van der Waals surface area contributed by atoms with E-state index in [1.807, 2.05) is 0 Å². The molecule has 3 nitrogen and oxygen atoms in total. The fourth-order valence-electron chi connectivity index (χ4n) is 2.39. The van der Waals surface area contributed by atoms with Gasteiger partial charge in [0.1, 0.15) is 5.82 Å². The van der Waals surface area contributed by atoms with Crippen LogP contribution in [0.2, 0.25) is 10.3 Å². The molecule has 0 bridgehead atoms. The predicted molar refractivity (Wildman–Crippen MR) is 78.3 cm³/mol. The molecule has 1 aromatic rings. The van der Waals surface area contributed by atoms with Crippen LogP contribution in [0.25, 0.3) is 0 Å². The van der Waals surface area contributed by atoms with Crippen molar-refractivity contribution < 1.29 is 4.74 Å². The van der Waals surface area contributed by atoms with E-state index >= 15 is 0 Å². The van der Waals surface area contributed by atoms with Crippen LogP contribution in [0.3, 0.4) is 0 Å². The second-order valence-electron chi connectivity index (χ2n) is 5.03. The Morgan fingerprint density at radius 3 is 2.32 bits per heavy atom. The minimum absolute atomic E-state index is 0.344. The van der Waals surface area contributed by atoms with Crippen molar-refractivity contribution in [1.29, 1.82) is 0 Å². The van der Waals surface area contributed by atoms with Crippen LogP contribution in [0.1, 0.15) is 63.6 Å². The smallest absolute Gasteiger partial charge is 0.194 e. The van der Waals surface area contributed by atoms with E-state index in [1.54, 1.807) is 0 Å². The van der Waals surface area contributed by atoms with Crippen LogP contribution in [-0.4, -0.2) is 16.6 Å². The maximum absolute atomic E-state index is 6.17. The van der Waals surface area contributed by atoms with Crippen LogP contribution in [-0.2, 0) is 0 Å². The molecule has 0 unspecified atom stereocenters. The molecule has 1 heterocycles. The zero-order valence-electron chi connectivity index (χ0n) is 11.3. The fraction of sp³-hybridized carbons (Fsp3) is 0.714. The summed E-state index contributed by atoms with van der Waals surface area (Å²) in [5.41, 5.74) is 0. The molecule has 0 amide bonds. The second-order valence-corrected chi connectivity index (χ2v) is 5.75. The molecule has 1 aromatic heterocycles. The quantitative estimate of drug-likeness (QED) is 0.566. The Balaban J connectivity index is 2.11. The van der Waals surface area contributed by atoms with E-state index in [0.29, 0.717) is 28.6 Å². The first-order valence-electron chi connectivity index (χ1n) is 7.08. The molecule has 0 spiro atoms. The van der Waals surface area contributed by atoms with Gasteiger partial charge in [-0.25, -0.2) is 9.97 Å². The van der Waals surface area contributed by atoms with Crippen molar-refractivity contribution in [1.82, 2.24) is 9.97 Å². The van der Waals surface area contributed by atoms with Gasteiger partial charge < -0.3 is 4.74 Å². The molecule has 19 heavy (non-hydrogen) atoms. The maximum Gasteiger partial charge on any atom is 0.194 e. The second kappa shape index (κ2) is 7.30. The summed E-state index contributed by atoms with van der Waals surface area (Å²) in [6.07, 6.45) is 8.06. The lowest BCUT2D eigenvalue weighted by molar-refractivity contribution is 0.306. The number of nitrogens with zero attached hydrogens (tertiary/aromatic N) is 2. The van der Waals surface area contributed by atoms with Gasteiger partial charge in [0.25, 0.3) is 0 Å². The molecule has 1 fully saturated rings. The number of ether oxygens (including phenoxy) is 1. The number of hydrogen-bond acceptors (Lipinski definition) is 3. The van der Waals surface area contributed by atoms with Gasteiger partial charge in [-0.3, -0.25) is 0 Å². The van der Waals surface area contributed by atoms with E-state index < -0.39 is 0 Å². The van der Waals surface area contributed by atoms with Crippen LogP contribution in [0.5, 0.6) is 5.75 Å². The third kappa shape index (κ3) is 3.96. The van der Waals surface area contributed by atoms with Crippen molar-refractivity contribution in [3.8, 4) is 5.75 Å². The van der Waals surface area contributed by atoms with Crippen LogP contribution < -0.4 is 4.74 Å². The topological polar surface area (TPSA) is 35.0 Å². The molecule has 0 saturated heterocycles. The van der Waals surface area contributed by atoms with Crippen LogP contribution in [0.15, 0.2) is 0 Å². The van der Waals surface area contributed by atoms with Gasteiger partial charge in [-0.15, -0.1) is 0 Å². The van der Waals surface area contributed by atoms with Gasteiger partial charge in [-0.1, -0.05) is 55.8 Å². The number of hydrogen-bond donors (Lipinski definition) is 0. The fourth-order valence-corrected chi connectivity index (χ4v) is 2.90. The zero-order chi connectivity index (χ0) is 13.7. The molecule has 0 N–H and O–H groups in total. The first-order chi connectivity index (χ1) is 9.22. The standard InChI is InChI=1S/C14H20Cl2N2O/c1-2-3-9-19-11-12(15)17-14(18-13(11)16)10-7-5-4-6-8-10/h10H,2-9H2,1H3. The summed E-state index contributed by atoms with van der Waals surface area (Å²) in [6, 6.07) is 0. The number of halogens is 2. The van der Waals surface area contributed by atoms with Crippen LogP contribution in [0.4, 0.5) is 0 Å². The third-order valence-corrected chi connectivity index (χ3v) is 4.03. The van der Waals surface area contributed by atoms with E-state index in [0.717, 1.165) is 31.5 Å². The van der Waals surface area contributed by atoms with Gasteiger partial charge in [0, 0.05) is 5.92 Å². The number of unbranched alkanes of at least 4 members (excludes halogenated alkanes) is 1. The summed E-state index contributed by atoms with van der Waals surface area (Å²) in [4.78, 5) is 8.76. The summed E-state index contributed by atoms with van der Waals surface area (Å²) in [5, 5.41) is 0.688. The Hall–Kier alpha value is -0.540. The predicted octanol–water partition coefficient (Wildman–Crippen LogP) is 5.01. The lowest BCUT2D eigenvalue weighted by Gasteiger charge is -2.21. The summed E-state index contributed by atoms with van der Waals surface area (Å²) in [5.74, 6) is 1.60. The molecule has 0 radical (unpaired) electrons. The van der Waals surface area contributed by atoms with Crippen LogP contribution in [0, 0.1) is 0 Å². The van der Waals surface area contributed by atoms with Crippen molar-refractivity contribution in [3.63, 3.8) is 0 Å². The summed E-state index contributed by atoms with van der Waals surface area (Å²) in [6.45, 7) is 2.71. The molecule has 5 heteroatoms. The van der Waals surface area contributed by atoms with Gasteiger partial charge in [-0.2, -0.15) is 0 Å². The van der Waals surface area contributed by atoms with Crippen molar-refractivity contribution in [2.45, 2.75) is 57.8 Å². The molecular weight excluding hydrogens is 283 g/mol. The molecular formula is C14H20Cl2N2O. The Morgan fingerprint density at radius 2 is 1.74 bits per heavy atom. The zero-order valence-corrected chi connectivity index (χ0v) is 12.8. The first-order valence-corrected chi connectivity index (χ1v) is 7.83. The molecule has 0 atom stereocenters. The summed E-state index contributed by atoms with van der Waals surface area (Å²) < 4.78 is 5.56. The number of rotatable bonds is 5. The average Bonchev–Trinajstić information content (AvgIpc) is 2.43. The van der Waals surface area contributed by atoms with Crippen molar-refractivity contribution in [2.75, 3.05) is 6.61 Å². The minimum atomic E-state index is 0.344. The highest BCUT2D eigenvalue weighted by molar-refractivity contribution is 6.35. The normalized spacial score (nSPS) is 16.6.